The predicted octanol–water partition coefficient (Wildman–Crippen LogP) is 6.39. The summed E-state index contributed by atoms with van der Waals surface area (Å²) < 4.78 is 4.39. The number of fused-ring (bicyclic) bond motifs is 3. The van der Waals surface area contributed by atoms with E-state index in [9.17, 15) is 0 Å². The van der Waals surface area contributed by atoms with Gasteiger partial charge < -0.3 is 5.73 Å². The van der Waals surface area contributed by atoms with Crippen molar-refractivity contribution in [3.8, 4) is 5.69 Å². The maximum Gasteiger partial charge on any atom is 0.221 e. The fraction of sp³-hybridized carbons (Fsp3) is 0.310. The van der Waals surface area contributed by atoms with E-state index in [1.54, 1.807) is 0 Å². The summed E-state index contributed by atoms with van der Waals surface area (Å²) in [7, 11) is 0. The Balaban J connectivity index is 1.61. The Labute approximate surface area is 211 Å². The van der Waals surface area contributed by atoms with Crippen molar-refractivity contribution in [1.82, 2.24) is 18.9 Å². The molecule has 0 amide bonds. The third-order valence-corrected chi connectivity index (χ3v) is 7.23. The lowest BCUT2D eigenvalue weighted by atomic mass is 9.91. The van der Waals surface area contributed by atoms with Gasteiger partial charge in [0.2, 0.25) is 5.78 Å². The number of nitrogens with zero attached hydrogens (tertiary/aromatic N) is 4. The van der Waals surface area contributed by atoms with Crippen LogP contribution in [0.1, 0.15) is 40.9 Å². The second-order valence-corrected chi connectivity index (χ2v) is 9.95. The highest BCUT2D eigenvalue weighted by atomic mass is 35.5. The Morgan fingerprint density at radius 3 is 2.54 bits per heavy atom. The van der Waals surface area contributed by atoms with E-state index in [1.165, 1.54) is 11.3 Å². The number of nitrogens with two attached hydrogens (primary N) is 1. The van der Waals surface area contributed by atoms with Crippen molar-refractivity contribution >= 4 is 28.5 Å². The maximum atomic E-state index is 6.80. The molecule has 6 heteroatoms. The van der Waals surface area contributed by atoms with E-state index in [2.05, 4.69) is 72.2 Å². The Morgan fingerprint density at radius 1 is 1.00 bits per heavy atom. The van der Waals surface area contributed by atoms with Crippen LogP contribution in [0.3, 0.4) is 0 Å². The molecule has 0 spiro atoms. The van der Waals surface area contributed by atoms with Gasteiger partial charge in [0, 0.05) is 11.9 Å². The molecule has 1 unspecified atom stereocenters. The molecular formula is C29H32ClN5. The normalized spacial score (nSPS) is 12.6. The number of benzene rings is 2. The van der Waals surface area contributed by atoms with Crippen LogP contribution >= 0.6 is 11.6 Å². The number of rotatable bonds is 8. The van der Waals surface area contributed by atoms with E-state index in [0.29, 0.717) is 17.5 Å². The third-order valence-electron chi connectivity index (χ3n) is 6.94. The zero-order valence-electron chi connectivity index (χ0n) is 20.6. The molecule has 180 valence electrons. The van der Waals surface area contributed by atoms with Crippen LogP contribution in [0.4, 0.5) is 0 Å². The molecule has 0 aliphatic carbocycles. The van der Waals surface area contributed by atoms with Gasteiger partial charge in [-0.25, -0.2) is 9.97 Å². The van der Waals surface area contributed by atoms with E-state index in [0.717, 1.165) is 65.1 Å². The van der Waals surface area contributed by atoms with Gasteiger partial charge in [0.05, 0.1) is 21.9 Å². The van der Waals surface area contributed by atoms with E-state index in [4.69, 9.17) is 27.3 Å². The molecule has 0 bridgehead atoms. The van der Waals surface area contributed by atoms with E-state index < -0.39 is 0 Å². The van der Waals surface area contributed by atoms with Crippen molar-refractivity contribution in [2.24, 2.45) is 11.7 Å². The number of halogens is 1. The standard InChI is InChI=1S/C29H32ClN5/c1-19-16-20(2)27(24(30)17-19)35-28-25(10-7-15-32-28)34-26(21(3)33-29(34)35)18-23(13-14-31)12-11-22-8-5-4-6-9-22/h4-10,15-17,23H,11-14,18,31H2,1-3H3. The molecule has 2 aromatic carbocycles. The topological polar surface area (TPSA) is 61.1 Å². The van der Waals surface area contributed by atoms with Gasteiger partial charge in [0.1, 0.15) is 0 Å². The Morgan fingerprint density at radius 2 is 1.80 bits per heavy atom. The van der Waals surface area contributed by atoms with Crippen LogP contribution in [0, 0.1) is 26.7 Å². The Hall–Kier alpha value is -3.15. The van der Waals surface area contributed by atoms with Gasteiger partial charge in [-0.15, -0.1) is 0 Å². The zero-order valence-corrected chi connectivity index (χ0v) is 21.4. The number of aromatic nitrogens is 4. The second-order valence-electron chi connectivity index (χ2n) is 9.54. The summed E-state index contributed by atoms with van der Waals surface area (Å²) in [5, 5.41) is 0.707. The van der Waals surface area contributed by atoms with Gasteiger partial charge in [-0.05, 0) is 93.8 Å². The summed E-state index contributed by atoms with van der Waals surface area (Å²) in [6.45, 7) is 6.95. The molecule has 5 aromatic rings. The molecule has 35 heavy (non-hydrogen) atoms. The molecular weight excluding hydrogens is 454 g/mol. The quantitative estimate of drug-likeness (QED) is 0.277. The molecule has 0 fully saturated rings. The van der Waals surface area contributed by atoms with Crippen LogP contribution in [0.25, 0.3) is 22.6 Å². The van der Waals surface area contributed by atoms with Crippen LogP contribution in [0.5, 0.6) is 0 Å². The van der Waals surface area contributed by atoms with Crippen LogP contribution < -0.4 is 5.73 Å². The Kier molecular flexibility index (Phi) is 6.63. The summed E-state index contributed by atoms with van der Waals surface area (Å²) in [5.41, 5.74) is 14.8. The van der Waals surface area contributed by atoms with Crippen molar-refractivity contribution in [2.75, 3.05) is 6.54 Å². The average Bonchev–Trinajstić information content (AvgIpc) is 3.31. The largest absolute Gasteiger partial charge is 0.330 e. The van der Waals surface area contributed by atoms with E-state index in [1.807, 2.05) is 18.3 Å². The minimum atomic E-state index is 0.471. The van der Waals surface area contributed by atoms with Crippen LogP contribution in [0.15, 0.2) is 60.8 Å². The van der Waals surface area contributed by atoms with E-state index >= 15 is 0 Å². The molecule has 0 aliphatic rings. The minimum absolute atomic E-state index is 0.471. The highest BCUT2D eigenvalue weighted by Crippen LogP contribution is 2.33. The predicted molar refractivity (Wildman–Crippen MR) is 145 cm³/mol. The summed E-state index contributed by atoms with van der Waals surface area (Å²) in [5.74, 6) is 1.33. The van der Waals surface area contributed by atoms with Crippen molar-refractivity contribution in [3.63, 3.8) is 0 Å². The lowest BCUT2D eigenvalue weighted by Crippen LogP contribution is -2.14. The lowest BCUT2D eigenvalue weighted by molar-refractivity contribution is 0.448. The molecule has 0 radical (unpaired) electrons. The number of pyridine rings is 1. The molecule has 2 N–H and O–H groups in total. The smallest absolute Gasteiger partial charge is 0.221 e. The molecule has 3 aromatic heterocycles. The van der Waals surface area contributed by atoms with Crippen molar-refractivity contribution in [1.29, 1.82) is 0 Å². The fourth-order valence-corrected chi connectivity index (χ4v) is 5.70. The zero-order chi connectivity index (χ0) is 24.5. The van der Waals surface area contributed by atoms with Gasteiger partial charge in [0.15, 0.2) is 5.65 Å². The van der Waals surface area contributed by atoms with Crippen LogP contribution in [0.2, 0.25) is 5.02 Å². The van der Waals surface area contributed by atoms with Crippen molar-refractivity contribution < 1.29 is 0 Å². The Bertz CT molecular complexity index is 1460. The first-order chi connectivity index (χ1) is 17.0. The molecule has 0 saturated carbocycles. The van der Waals surface area contributed by atoms with Gasteiger partial charge in [0.25, 0.3) is 0 Å². The second kappa shape index (κ2) is 9.84. The third kappa shape index (κ3) is 4.46. The number of hydrogen-bond acceptors (Lipinski definition) is 3. The molecule has 0 aliphatic heterocycles. The first-order valence-corrected chi connectivity index (χ1v) is 12.7. The molecule has 0 saturated heterocycles. The fourth-order valence-electron chi connectivity index (χ4n) is 5.29. The number of hydrogen-bond donors (Lipinski definition) is 1. The number of imidazole rings is 2. The summed E-state index contributed by atoms with van der Waals surface area (Å²) in [4.78, 5) is 9.82. The summed E-state index contributed by atoms with van der Waals surface area (Å²) >= 11 is 6.80. The molecule has 5 nitrogen and oxygen atoms in total. The lowest BCUT2D eigenvalue weighted by Gasteiger charge is -2.16. The molecule has 5 rings (SSSR count). The number of aryl methyl sites for hydroxylation is 4. The van der Waals surface area contributed by atoms with Crippen molar-refractivity contribution in [2.45, 2.75) is 46.5 Å². The maximum absolute atomic E-state index is 6.80. The van der Waals surface area contributed by atoms with Gasteiger partial charge >= 0.3 is 0 Å². The highest BCUT2D eigenvalue weighted by molar-refractivity contribution is 6.32. The minimum Gasteiger partial charge on any atom is -0.330 e. The first kappa shape index (κ1) is 23.6. The summed E-state index contributed by atoms with van der Waals surface area (Å²) in [6.07, 6.45) is 5.88. The average molecular weight is 486 g/mol. The van der Waals surface area contributed by atoms with Gasteiger partial charge in [-0.1, -0.05) is 48.0 Å². The molecule has 3 heterocycles. The van der Waals surface area contributed by atoms with E-state index in [-0.39, 0.29) is 0 Å². The van der Waals surface area contributed by atoms with Crippen LogP contribution in [-0.4, -0.2) is 25.5 Å². The first-order valence-electron chi connectivity index (χ1n) is 12.3. The van der Waals surface area contributed by atoms with Gasteiger partial charge in [-0.3, -0.25) is 8.97 Å². The summed E-state index contributed by atoms with van der Waals surface area (Å²) in [6, 6.07) is 19.0. The molecule has 1 atom stereocenters. The highest BCUT2D eigenvalue weighted by Gasteiger charge is 2.24. The van der Waals surface area contributed by atoms with Crippen molar-refractivity contribution in [3.05, 3.63) is 93.9 Å². The van der Waals surface area contributed by atoms with Gasteiger partial charge in [-0.2, -0.15) is 0 Å². The van der Waals surface area contributed by atoms with Crippen LogP contribution in [-0.2, 0) is 12.8 Å². The monoisotopic (exact) mass is 485 g/mol. The SMILES string of the molecule is Cc1cc(C)c(-n2c3ncccc3n3c(CC(CCN)CCc4ccccc4)c(C)nc23)c(Cl)c1.